The first-order valence-electron chi connectivity index (χ1n) is 7.31. The fraction of sp³-hybridized carbons (Fsp3) is 0.625. The van der Waals surface area contributed by atoms with Crippen LogP contribution >= 0.6 is 0 Å². The summed E-state index contributed by atoms with van der Waals surface area (Å²) in [6.45, 7) is 6.13. The molecule has 0 aromatic heterocycles. The van der Waals surface area contributed by atoms with Crippen LogP contribution in [-0.4, -0.2) is 24.9 Å². The minimum atomic E-state index is -3.45. The second kappa shape index (κ2) is 5.86. The summed E-state index contributed by atoms with van der Waals surface area (Å²) in [5, 5.41) is 9.49. The Morgan fingerprint density at radius 1 is 1.25 bits per heavy atom. The average molecular weight is 296 g/mol. The highest BCUT2D eigenvalue weighted by Gasteiger charge is 2.39. The number of sulfone groups is 1. The minimum absolute atomic E-state index is 0.339. The summed E-state index contributed by atoms with van der Waals surface area (Å²) in [7, 11) is -3.45. The number of hydrogen-bond acceptors (Lipinski definition) is 3. The minimum Gasteiger partial charge on any atom is -0.392 e. The fourth-order valence-electron chi connectivity index (χ4n) is 3.05. The van der Waals surface area contributed by atoms with Crippen molar-refractivity contribution in [3.05, 3.63) is 29.8 Å². The first-order valence-corrected chi connectivity index (χ1v) is 8.85. The van der Waals surface area contributed by atoms with E-state index in [2.05, 4.69) is 13.8 Å². The zero-order valence-electron chi connectivity index (χ0n) is 12.4. The molecule has 3 nitrogen and oxygen atoms in total. The lowest BCUT2D eigenvalue weighted by atomic mass is 9.80. The molecule has 1 saturated carbocycles. The lowest BCUT2D eigenvalue weighted by molar-refractivity contribution is 0.0997. The van der Waals surface area contributed by atoms with Crippen LogP contribution < -0.4 is 0 Å². The molecule has 1 aromatic carbocycles. The molecular weight excluding hydrogens is 272 g/mol. The molecule has 0 amide bonds. The zero-order chi connectivity index (χ0) is 14.9. The number of aliphatic hydroxyl groups is 1. The summed E-state index contributed by atoms with van der Waals surface area (Å²) in [4.78, 5) is 0.339. The van der Waals surface area contributed by atoms with Crippen LogP contribution in [0.5, 0.6) is 0 Å². The van der Waals surface area contributed by atoms with Gasteiger partial charge in [-0.2, -0.15) is 0 Å². The maximum absolute atomic E-state index is 12.8. The smallest absolute Gasteiger partial charge is 0.183 e. The van der Waals surface area contributed by atoms with E-state index in [0.29, 0.717) is 29.6 Å². The molecule has 1 N–H and O–H groups in total. The molecule has 1 aliphatic rings. The summed E-state index contributed by atoms with van der Waals surface area (Å²) >= 11 is 0. The Bertz CT molecular complexity index is 563. The molecule has 112 valence electrons. The van der Waals surface area contributed by atoms with Gasteiger partial charge in [-0.3, -0.25) is 0 Å². The molecule has 0 bridgehead atoms. The van der Waals surface area contributed by atoms with Crippen molar-refractivity contribution in [3.8, 4) is 0 Å². The van der Waals surface area contributed by atoms with Gasteiger partial charge in [0.05, 0.1) is 16.2 Å². The average Bonchev–Trinajstić information content (AvgIpc) is 2.38. The number of benzene rings is 1. The van der Waals surface area contributed by atoms with Crippen molar-refractivity contribution in [1.82, 2.24) is 0 Å². The second-order valence-electron chi connectivity index (χ2n) is 6.28. The van der Waals surface area contributed by atoms with Crippen LogP contribution in [0.4, 0.5) is 0 Å². The van der Waals surface area contributed by atoms with Crippen LogP contribution in [0.15, 0.2) is 29.2 Å². The van der Waals surface area contributed by atoms with Gasteiger partial charge in [0.25, 0.3) is 0 Å². The van der Waals surface area contributed by atoms with Crippen molar-refractivity contribution in [3.63, 3.8) is 0 Å². The molecule has 0 spiro atoms. The second-order valence-corrected chi connectivity index (χ2v) is 8.45. The van der Waals surface area contributed by atoms with Crippen molar-refractivity contribution < 1.29 is 13.5 Å². The standard InChI is InChI=1S/C16H24O3S/c1-11(2)13-7-8-15(17)16(10-13)20(18,19)14-6-4-5-12(3)9-14/h4-6,9,11,13,15-17H,7-8,10H2,1-3H3. The topological polar surface area (TPSA) is 54.4 Å². The molecule has 1 aromatic rings. The van der Waals surface area contributed by atoms with Gasteiger partial charge >= 0.3 is 0 Å². The highest BCUT2D eigenvalue weighted by atomic mass is 32.2. The fourth-order valence-corrected chi connectivity index (χ4v) is 5.07. The number of aliphatic hydroxyl groups excluding tert-OH is 1. The molecule has 2 rings (SSSR count). The molecule has 4 heteroatoms. The first kappa shape index (κ1) is 15.5. The van der Waals surface area contributed by atoms with Gasteiger partial charge in [0.15, 0.2) is 9.84 Å². The quantitative estimate of drug-likeness (QED) is 0.933. The Labute approximate surface area is 121 Å². The molecule has 0 saturated heterocycles. The van der Waals surface area contributed by atoms with Gasteiger partial charge in [-0.05, 0) is 55.7 Å². The van der Waals surface area contributed by atoms with Crippen LogP contribution in [0.25, 0.3) is 0 Å². The lowest BCUT2D eigenvalue weighted by Crippen LogP contribution is -2.41. The normalized spacial score (nSPS) is 27.8. The van der Waals surface area contributed by atoms with Gasteiger partial charge in [0.1, 0.15) is 0 Å². The summed E-state index contributed by atoms with van der Waals surface area (Å²) < 4.78 is 25.5. The maximum Gasteiger partial charge on any atom is 0.183 e. The molecule has 3 atom stereocenters. The molecule has 0 heterocycles. The third kappa shape index (κ3) is 3.07. The molecular formula is C16H24O3S. The van der Waals surface area contributed by atoms with Crippen molar-refractivity contribution in [2.24, 2.45) is 11.8 Å². The van der Waals surface area contributed by atoms with E-state index < -0.39 is 21.2 Å². The van der Waals surface area contributed by atoms with E-state index in [1.54, 1.807) is 18.2 Å². The molecule has 1 fully saturated rings. The predicted molar refractivity (Wildman–Crippen MR) is 80.3 cm³/mol. The summed E-state index contributed by atoms with van der Waals surface area (Å²) in [6, 6.07) is 6.97. The Morgan fingerprint density at radius 3 is 2.55 bits per heavy atom. The van der Waals surface area contributed by atoms with E-state index in [4.69, 9.17) is 0 Å². The Hall–Kier alpha value is -0.870. The molecule has 0 aliphatic heterocycles. The predicted octanol–water partition coefficient (Wildman–Crippen LogP) is 2.95. The monoisotopic (exact) mass is 296 g/mol. The number of hydrogen-bond donors (Lipinski definition) is 1. The SMILES string of the molecule is Cc1cccc(S(=O)(=O)C2CC(C(C)C)CCC2O)c1. The number of aryl methyl sites for hydroxylation is 1. The van der Waals surface area contributed by atoms with Gasteiger partial charge in [-0.1, -0.05) is 26.0 Å². The van der Waals surface area contributed by atoms with Crippen LogP contribution in [0.2, 0.25) is 0 Å². The molecule has 0 radical (unpaired) electrons. The van der Waals surface area contributed by atoms with E-state index >= 15 is 0 Å². The highest BCUT2D eigenvalue weighted by molar-refractivity contribution is 7.92. The highest BCUT2D eigenvalue weighted by Crippen LogP contribution is 2.35. The molecule has 1 aliphatic carbocycles. The van der Waals surface area contributed by atoms with Crippen molar-refractivity contribution in [2.75, 3.05) is 0 Å². The summed E-state index contributed by atoms with van der Waals surface area (Å²) in [5.74, 6) is 0.834. The number of rotatable bonds is 3. The maximum atomic E-state index is 12.8. The van der Waals surface area contributed by atoms with E-state index in [1.165, 1.54) is 0 Å². The molecule has 20 heavy (non-hydrogen) atoms. The van der Waals surface area contributed by atoms with E-state index in [9.17, 15) is 13.5 Å². The van der Waals surface area contributed by atoms with Crippen LogP contribution in [0.3, 0.4) is 0 Å². The van der Waals surface area contributed by atoms with E-state index in [0.717, 1.165) is 12.0 Å². The van der Waals surface area contributed by atoms with Gasteiger partial charge in [0.2, 0.25) is 0 Å². The van der Waals surface area contributed by atoms with E-state index in [1.807, 2.05) is 13.0 Å². The largest absolute Gasteiger partial charge is 0.392 e. The van der Waals surface area contributed by atoms with Gasteiger partial charge in [-0.15, -0.1) is 0 Å². The first-order chi connectivity index (χ1) is 9.32. The van der Waals surface area contributed by atoms with Crippen LogP contribution in [0, 0.1) is 18.8 Å². The third-order valence-electron chi connectivity index (χ3n) is 4.46. The zero-order valence-corrected chi connectivity index (χ0v) is 13.2. The Kier molecular flexibility index (Phi) is 4.55. The Morgan fingerprint density at radius 2 is 1.95 bits per heavy atom. The van der Waals surface area contributed by atoms with Crippen LogP contribution in [0.1, 0.15) is 38.7 Å². The van der Waals surface area contributed by atoms with Crippen molar-refractivity contribution in [2.45, 2.75) is 56.3 Å². The van der Waals surface area contributed by atoms with E-state index in [-0.39, 0.29) is 0 Å². The van der Waals surface area contributed by atoms with Crippen molar-refractivity contribution in [1.29, 1.82) is 0 Å². The van der Waals surface area contributed by atoms with Gasteiger partial charge in [0, 0.05) is 0 Å². The lowest BCUT2D eigenvalue weighted by Gasteiger charge is -2.34. The van der Waals surface area contributed by atoms with Gasteiger partial charge < -0.3 is 5.11 Å². The third-order valence-corrected chi connectivity index (χ3v) is 6.67. The molecule has 3 unspecified atom stereocenters. The summed E-state index contributed by atoms with van der Waals surface area (Å²) in [6.07, 6.45) is 1.32. The van der Waals surface area contributed by atoms with Crippen molar-refractivity contribution >= 4 is 9.84 Å². The Balaban J connectivity index is 2.32. The summed E-state index contributed by atoms with van der Waals surface area (Å²) in [5.41, 5.74) is 0.928. The van der Waals surface area contributed by atoms with Gasteiger partial charge in [-0.25, -0.2) is 8.42 Å². The van der Waals surface area contributed by atoms with Crippen LogP contribution in [-0.2, 0) is 9.84 Å².